The predicted molar refractivity (Wildman–Crippen MR) is 72.6 cm³/mol. The zero-order valence-corrected chi connectivity index (χ0v) is 12.1. The number of carbonyl (C=O) groups excluding carboxylic acids is 1. The van der Waals surface area contributed by atoms with Crippen LogP contribution in [-0.2, 0) is 20.4 Å². The molecule has 126 valence electrons. The zero-order chi connectivity index (χ0) is 16.5. The van der Waals surface area contributed by atoms with Gasteiger partial charge in [0, 0.05) is 5.69 Å². The summed E-state index contributed by atoms with van der Waals surface area (Å²) in [6, 6.07) is 4.36. The van der Waals surface area contributed by atoms with Crippen molar-refractivity contribution < 1.29 is 32.2 Å². The summed E-state index contributed by atoms with van der Waals surface area (Å²) in [5.41, 5.74) is -1.33. The molecule has 1 aromatic carbocycles. The van der Waals surface area contributed by atoms with E-state index in [4.69, 9.17) is 14.2 Å². The van der Waals surface area contributed by atoms with Gasteiger partial charge in [0.2, 0.25) is 0 Å². The van der Waals surface area contributed by atoms with Crippen molar-refractivity contribution in [1.29, 1.82) is 0 Å². The summed E-state index contributed by atoms with van der Waals surface area (Å²) < 4.78 is 53.7. The Kier molecular flexibility index (Phi) is 4.17. The number of halogens is 3. The molecule has 1 amide bonds. The number of fused-ring (bicyclic) bond motifs is 1. The number of nitrogens with zero attached hydrogens (tertiary/aromatic N) is 1. The molecule has 2 fully saturated rings. The lowest BCUT2D eigenvalue weighted by molar-refractivity contribution is -0.137. The Morgan fingerprint density at radius 3 is 2.65 bits per heavy atom. The molecule has 9 heteroatoms. The van der Waals surface area contributed by atoms with E-state index in [0.717, 1.165) is 12.1 Å². The van der Waals surface area contributed by atoms with Gasteiger partial charge in [-0.25, -0.2) is 9.69 Å². The second-order valence-electron chi connectivity index (χ2n) is 5.50. The van der Waals surface area contributed by atoms with E-state index in [1.807, 2.05) is 4.90 Å². The van der Waals surface area contributed by atoms with E-state index < -0.39 is 23.4 Å². The van der Waals surface area contributed by atoms with Crippen molar-refractivity contribution >= 4 is 11.8 Å². The molecule has 0 saturated carbocycles. The molecule has 0 atom stereocenters. The van der Waals surface area contributed by atoms with E-state index in [0.29, 0.717) is 26.7 Å². The number of hydrogen-bond acceptors (Lipinski definition) is 5. The Bertz CT molecular complexity index is 584. The average molecular weight is 332 g/mol. The van der Waals surface area contributed by atoms with Gasteiger partial charge in [-0.3, -0.25) is 5.32 Å². The third-order valence-corrected chi connectivity index (χ3v) is 3.81. The van der Waals surface area contributed by atoms with Crippen molar-refractivity contribution in [2.24, 2.45) is 0 Å². The first-order chi connectivity index (χ1) is 10.9. The van der Waals surface area contributed by atoms with E-state index in [-0.39, 0.29) is 12.3 Å². The van der Waals surface area contributed by atoms with Crippen molar-refractivity contribution in [2.45, 2.75) is 11.7 Å². The first-order valence-electron chi connectivity index (χ1n) is 6.91. The lowest BCUT2D eigenvalue weighted by atomic mass is 10.0. The van der Waals surface area contributed by atoms with Crippen LogP contribution in [0, 0.1) is 0 Å². The number of anilines is 1. The Morgan fingerprint density at radius 1 is 1.30 bits per heavy atom. The lowest BCUT2D eigenvalue weighted by Crippen LogP contribution is -2.48. The summed E-state index contributed by atoms with van der Waals surface area (Å²) in [4.78, 5) is 13.7. The van der Waals surface area contributed by atoms with Crippen LogP contribution >= 0.6 is 0 Å². The summed E-state index contributed by atoms with van der Waals surface area (Å²) >= 11 is 0. The third kappa shape index (κ3) is 3.41. The van der Waals surface area contributed by atoms with Crippen LogP contribution in [0.3, 0.4) is 0 Å². The minimum absolute atomic E-state index is 0.0181. The quantitative estimate of drug-likeness (QED) is 0.920. The molecule has 0 unspecified atom stereocenters. The molecular formula is C14H15F3N2O4. The number of rotatable bonds is 3. The highest BCUT2D eigenvalue weighted by molar-refractivity contribution is 5.84. The van der Waals surface area contributed by atoms with Gasteiger partial charge in [-0.05, 0) is 18.2 Å². The van der Waals surface area contributed by atoms with Crippen molar-refractivity contribution in [3.8, 4) is 0 Å². The van der Waals surface area contributed by atoms with E-state index in [1.165, 1.54) is 12.1 Å². The number of ether oxygens (including phenoxy) is 3. The van der Waals surface area contributed by atoms with Gasteiger partial charge in [-0.2, -0.15) is 13.2 Å². The van der Waals surface area contributed by atoms with Gasteiger partial charge in [0.1, 0.15) is 25.6 Å². The normalized spacial score (nSPS) is 20.3. The molecule has 0 radical (unpaired) electrons. The van der Waals surface area contributed by atoms with Gasteiger partial charge >= 0.3 is 12.3 Å². The topological polar surface area (TPSA) is 60.0 Å². The minimum Gasteiger partial charge on any atom is -0.447 e. The number of carbonyl (C=O) groups is 1. The zero-order valence-electron chi connectivity index (χ0n) is 12.1. The largest absolute Gasteiger partial charge is 0.447 e. The summed E-state index contributed by atoms with van der Waals surface area (Å²) in [5.74, 6) is 0. The van der Waals surface area contributed by atoms with Gasteiger partial charge in [0.15, 0.2) is 0 Å². The molecular weight excluding hydrogens is 317 g/mol. The van der Waals surface area contributed by atoms with Crippen LogP contribution in [0.1, 0.15) is 5.56 Å². The lowest BCUT2D eigenvalue weighted by Gasteiger charge is -2.26. The van der Waals surface area contributed by atoms with Crippen molar-refractivity contribution in [1.82, 2.24) is 4.90 Å². The second kappa shape index (κ2) is 5.99. The highest BCUT2D eigenvalue weighted by Gasteiger charge is 2.47. The Morgan fingerprint density at radius 2 is 2.00 bits per heavy atom. The molecule has 3 rings (SSSR count). The molecule has 23 heavy (non-hydrogen) atoms. The molecule has 2 aliphatic rings. The summed E-state index contributed by atoms with van der Waals surface area (Å²) in [6.07, 6.45) is -5.29. The molecule has 2 aliphatic heterocycles. The highest BCUT2D eigenvalue weighted by Crippen LogP contribution is 2.31. The molecule has 0 aliphatic carbocycles. The first-order valence-corrected chi connectivity index (χ1v) is 6.91. The fourth-order valence-electron chi connectivity index (χ4n) is 2.53. The number of hydrogen-bond donors (Lipinski definition) is 1. The Balaban J connectivity index is 1.58. The van der Waals surface area contributed by atoms with Crippen LogP contribution in [0.2, 0.25) is 0 Å². The van der Waals surface area contributed by atoms with Gasteiger partial charge in [0.05, 0.1) is 18.8 Å². The number of amides is 1. The van der Waals surface area contributed by atoms with Gasteiger partial charge in [0.25, 0.3) is 0 Å². The van der Waals surface area contributed by atoms with Crippen LogP contribution in [0.15, 0.2) is 24.3 Å². The van der Waals surface area contributed by atoms with E-state index >= 15 is 0 Å². The SMILES string of the molecule is O=C(Nc1cccc(C(F)(F)F)c1)OCC12COCN1COC2. The summed E-state index contributed by atoms with van der Waals surface area (Å²) in [7, 11) is 0. The smallest absolute Gasteiger partial charge is 0.416 e. The van der Waals surface area contributed by atoms with Gasteiger partial charge in [-0.1, -0.05) is 6.07 Å². The Labute approximate surface area is 130 Å². The van der Waals surface area contributed by atoms with Gasteiger partial charge < -0.3 is 14.2 Å². The standard InChI is InChI=1S/C14H15F3N2O4/c15-14(16,17)10-2-1-3-11(4-10)18-12(20)23-7-13-5-21-8-19(13)9-22-6-13/h1-4H,5-9H2,(H,18,20). The van der Waals surface area contributed by atoms with Crippen LogP contribution in [0.25, 0.3) is 0 Å². The maximum atomic E-state index is 12.6. The fraction of sp³-hybridized carbons (Fsp3) is 0.500. The van der Waals surface area contributed by atoms with E-state index in [9.17, 15) is 18.0 Å². The van der Waals surface area contributed by atoms with Crippen molar-refractivity contribution in [3.63, 3.8) is 0 Å². The molecule has 6 nitrogen and oxygen atoms in total. The maximum Gasteiger partial charge on any atom is 0.416 e. The highest BCUT2D eigenvalue weighted by atomic mass is 19.4. The van der Waals surface area contributed by atoms with Crippen LogP contribution in [0.4, 0.5) is 23.7 Å². The van der Waals surface area contributed by atoms with Crippen LogP contribution in [-0.4, -0.2) is 49.8 Å². The molecule has 0 bridgehead atoms. The average Bonchev–Trinajstić information content (AvgIpc) is 3.04. The van der Waals surface area contributed by atoms with Crippen LogP contribution in [0.5, 0.6) is 0 Å². The van der Waals surface area contributed by atoms with Crippen molar-refractivity contribution in [3.05, 3.63) is 29.8 Å². The van der Waals surface area contributed by atoms with Crippen LogP contribution < -0.4 is 5.32 Å². The summed E-state index contributed by atoms with van der Waals surface area (Å²) in [6.45, 7) is 1.60. The molecule has 1 N–H and O–H groups in total. The van der Waals surface area contributed by atoms with Crippen molar-refractivity contribution in [2.75, 3.05) is 38.6 Å². The Hall–Kier alpha value is -1.84. The minimum atomic E-state index is -4.47. The second-order valence-corrected chi connectivity index (χ2v) is 5.50. The monoisotopic (exact) mass is 332 g/mol. The van der Waals surface area contributed by atoms with E-state index in [2.05, 4.69) is 5.32 Å². The fourth-order valence-corrected chi connectivity index (χ4v) is 2.53. The predicted octanol–water partition coefficient (Wildman–Crippen LogP) is 2.27. The molecule has 2 saturated heterocycles. The van der Waals surface area contributed by atoms with E-state index in [1.54, 1.807) is 0 Å². The molecule has 0 aromatic heterocycles. The number of benzene rings is 1. The molecule has 0 spiro atoms. The molecule has 1 aromatic rings. The number of alkyl halides is 3. The van der Waals surface area contributed by atoms with Gasteiger partial charge in [-0.15, -0.1) is 0 Å². The summed E-state index contributed by atoms with van der Waals surface area (Å²) in [5, 5.41) is 2.29. The first kappa shape index (κ1) is 16.0. The maximum absolute atomic E-state index is 12.6. The molecule has 2 heterocycles. The third-order valence-electron chi connectivity index (χ3n) is 3.81. The number of nitrogens with one attached hydrogen (secondary N) is 1.